The lowest BCUT2D eigenvalue weighted by atomic mass is 10.1. The molecule has 0 saturated heterocycles. The zero-order valence-electron chi connectivity index (χ0n) is 14.7. The Balaban J connectivity index is 1.87. The Morgan fingerprint density at radius 1 is 0.963 bits per heavy atom. The molecule has 1 aromatic heterocycles. The number of imide groups is 1. The highest BCUT2D eigenvalue weighted by Gasteiger charge is 2.36. The number of halogens is 1. The molecule has 0 radical (unpaired) electrons. The highest BCUT2D eigenvalue weighted by molar-refractivity contribution is 6.31. The molecule has 4 rings (SSSR count). The van der Waals surface area contributed by atoms with Crippen LogP contribution in [0.3, 0.4) is 0 Å². The van der Waals surface area contributed by atoms with Gasteiger partial charge >= 0.3 is 0 Å². The van der Waals surface area contributed by atoms with Gasteiger partial charge < -0.3 is 9.30 Å². The van der Waals surface area contributed by atoms with E-state index in [-0.39, 0.29) is 23.9 Å². The number of amides is 2. The maximum absolute atomic E-state index is 12.8. The Morgan fingerprint density at radius 2 is 1.59 bits per heavy atom. The predicted octanol–water partition coefficient (Wildman–Crippen LogP) is 3.00. The largest absolute Gasteiger partial charge is 0.494 e. The first kappa shape index (κ1) is 17.3. The third-order valence-electron chi connectivity index (χ3n) is 4.82. The number of nitrogens with zero attached hydrogens (tertiary/aromatic N) is 2. The number of carbonyl (C=O) groups excluding carboxylic acids is 2. The summed E-state index contributed by atoms with van der Waals surface area (Å²) < 4.78 is 6.93. The molecular weight excluding hydrogens is 368 g/mol. The topological polar surface area (TPSA) is 68.6 Å². The van der Waals surface area contributed by atoms with Crippen LogP contribution in [0.2, 0.25) is 5.02 Å². The summed E-state index contributed by atoms with van der Waals surface area (Å²) in [5.41, 5.74) is 0.879. The Bertz CT molecular complexity index is 1150. The van der Waals surface area contributed by atoms with Gasteiger partial charge in [-0.05, 0) is 30.3 Å². The molecule has 3 aromatic rings. The smallest absolute Gasteiger partial charge is 0.261 e. The van der Waals surface area contributed by atoms with E-state index in [1.807, 2.05) is 0 Å². The third kappa shape index (κ3) is 2.52. The number of rotatable bonds is 3. The van der Waals surface area contributed by atoms with Crippen LogP contribution in [0.15, 0.2) is 47.3 Å². The van der Waals surface area contributed by atoms with Crippen molar-refractivity contribution in [1.82, 2.24) is 9.47 Å². The first-order chi connectivity index (χ1) is 12.9. The molecule has 0 spiro atoms. The minimum absolute atomic E-state index is 0.0696. The van der Waals surface area contributed by atoms with E-state index in [1.54, 1.807) is 49.5 Å². The van der Waals surface area contributed by atoms with Crippen molar-refractivity contribution in [3.63, 3.8) is 0 Å². The number of benzene rings is 2. The Labute approximate surface area is 159 Å². The zero-order chi connectivity index (χ0) is 19.3. The normalized spacial score (nSPS) is 13.4. The fourth-order valence-corrected chi connectivity index (χ4v) is 3.61. The van der Waals surface area contributed by atoms with Crippen LogP contribution in [0, 0.1) is 0 Å². The first-order valence-electron chi connectivity index (χ1n) is 8.24. The van der Waals surface area contributed by atoms with Gasteiger partial charge in [0.15, 0.2) is 0 Å². The summed E-state index contributed by atoms with van der Waals surface area (Å²) in [7, 11) is 3.07. The maximum atomic E-state index is 12.8. The summed E-state index contributed by atoms with van der Waals surface area (Å²) in [6, 6.07) is 11.6. The summed E-state index contributed by atoms with van der Waals surface area (Å²) in [5, 5.41) is 1.43. The Morgan fingerprint density at radius 3 is 2.19 bits per heavy atom. The standard InChI is InChI=1S/C20H15ClN2O4/c1-22-16(10-23-19(25)13-5-3-4-6-14(13)20(23)26)17(27-2)12-8-7-11(21)9-15(12)18(22)24/h3-9H,10H2,1-2H3. The van der Waals surface area contributed by atoms with E-state index in [2.05, 4.69) is 0 Å². The van der Waals surface area contributed by atoms with Crippen molar-refractivity contribution in [3.05, 3.63) is 74.7 Å². The van der Waals surface area contributed by atoms with E-state index >= 15 is 0 Å². The van der Waals surface area contributed by atoms with Gasteiger partial charge in [-0.1, -0.05) is 23.7 Å². The van der Waals surface area contributed by atoms with E-state index < -0.39 is 0 Å². The first-order valence-corrected chi connectivity index (χ1v) is 8.62. The van der Waals surface area contributed by atoms with Gasteiger partial charge in [0.1, 0.15) is 5.75 Å². The van der Waals surface area contributed by atoms with E-state index in [0.717, 1.165) is 4.90 Å². The quantitative estimate of drug-likeness (QED) is 0.653. The molecule has 0 unspecified atom stereocenters. The molecule has 136 valence electrons. The number of pyridine rings is 1. The lowest BCUT2D eigenvalue weighted by Gasteiger charge is -2.20. The van der Waals surface area contributed by atoms with Gasteiger partial charge in [-0.15, -0.1) is 0 Å². The minimum Gasteiger partial charge on any atom is -0.494 e. The summed E-state index contributed by atoms with van der Waals surface area (Å²) in [4.78, 5) is 39.3. The van der Waals surface area contributed by atoms with Gasteiger partial charge in [-0.2, -0.15) is 0 Å². The number of aromatic nitrogens is 1. The van der Waals surface area contributed by atoms with Gasteiger partial charge in [0.2, 0.25) is 0 Å². The number of carbonyl (C=O) groups is 2. The van der Waals surface area contributed by atoms with Gasteiger partial charge in [-0.3, -0.25) is 19.3 Å². The molecular formula is C20H15ClN2O4. The highest BCUT2D eigenvalue weighted by atomic mass is 35.5. The third-order valence-corrected chi connectivity index (χ3v) is 5.05. The second kappa shape index (κ2) is 6.25. The van der Waals surface area contributed by atoms with Crippen LogP contribution in [0.1, 0.15) is 26.4 Å². The molecule has 0 N–H and O–H groups in total. The van der Waals surface area contributed by atoms with Gasteiger partial charge in [0.05, 0.1) is 35.9 Å². The van der Waals surface area contributed by atoms with Crippen LogP contribution in [-0.4, -0.2) is 28.4 Å². The molecule has 7 heteroatoms. The van der Waals surface area contributed by atoms with Gasteiger partial charge in [-0.25, -0.2) is 0 Å². The molecule has 0 fully saturated rings. The molecule has 1 aliphatic rings. The van der Waals surface area contributed by atoms with Crippen molar-refractivity contribution in [3.8, 4) is 5.75 Å². The second-order valence-electron chi connectivity index (χ2n) is 6.28. The van der Waals surface area contributed by atoms with Crippen LogP contribution < -0.4 is 10.3 Å². The SMILES string of the molecule is COc1c(CN2C(=O)c3ccccc3C2=O)n(C)c(=O)c2cc(Cl)ccc12. The van der Waals surface area contributed by atoms with Crippen molar-refractivity contribution in [1.29, 1.82) is 0 Å². The van der Waals surface area contributed by atoms with Crippen LogP contribution in [-0.2, 0) is 13.6 Å². The van der Waals surface area contributed by atoms with E-state index in [1.165, 1.54) is 11.7 Å². The monoisotopic (exact) mass is 382 g/mol. The van der Waals surface area contributed by atoms with Crippen LogP contribution in [0.25, 0.3) is 10.8 Å². The van der Waals surface area contributed by atoms with Crippen molar-refractivity contribution in [2.24, 2.45) is 7.05 Å². The average Bonchev–Trinajstić information content (AvgIpc) is 2.91. The van der Waals surface area contributed by atoms with E-state index in [4.69, 9.17) is 16.3 Å². The molecule has 0 atom stereocenters. The van der Waals surface area contributed by atoms with Crippen LogP contribution in [0.5, 0.6) is 5.75 Å². The molecule has 0 bridgehead atoms. The highest BCUT2D eigenvalue weighted by Crippen LogP contribution is 2.32. The summed E-state index contributed by atoms with van der Waals surface area (Å²) in [6.07, 6.45) is 0. The number of fused-ring (bicyclic) bond motifs is 2. The molecule has 2 aromatic carbocycles. The molecule has 2 heterocycles. The van der Waals surface area contributed by atoms with Crippen molar-refractivity contribution in [2.45, 2.75) is 6.54 Å². The molecule has 1 aliphatic heterocycles. The van der Waals surface area contributed by atoms with Crippen LogP contribution in [0.4, 0.5) is 0 Å². The summed E-state index contributed by atoms with van der Waals surface area (Å²) in [5.74, 6) is -0.345. The molecule has 6 nitrogen and oxygen atoms in total. The van der Waals surface area contributed by atoms with Gasteiger partial charge in [0.25, 0.3) is 17.4 Å². The summed E-state index contributed by atoms with van der Waals surface area (Å²) >= 11 is 6.02. The maximum Gasteiger partial charge on any atom is 0.261 e. The number of methoxy groups -OCH3 is 1. The lowest BCUT2D eigenvalue weighted by Crippen LogP contribution is -2.33. The molecule has 0 aliphatic carbocycles. The van der Waals surface area contributed by atoms with Crippen LogP contribution >= 0.6 is 11.6 Å². The molecule has 2 amide bonds. The van der Waals surface area contributed by atoms with Gasteiger partial charge in [0, 0.05) is 17.5 Å². The fourth-order valence-electron chi connectivity index (χ4n) is 3.44. The number of hydrogen-bond acceptors (Lipinski definition) is 4. The van der Waals surface area contributed by atoms with Crippen molar-refractivity contribution < 1.29 is 14.3 Å². The Kier molecular flexibility index (Phi) is 4.00. The van der Waals surface area contributed by atoms with E-state index in [9.17, 15) is 14.4 Å². The Hall–Kier alpha value is -3.12. The second-order valence-corrected chi connectivity index (χ2v) is 6.71. The number of hydrogen-bond donors (Lipinski definition) is 0. The predicted molar refractivity (Wildman–Crippen MR) is 101 cm³/mol. The molecule has 0 saturated carbocycles. The van der Waals surface area contributed by atoms with E-state index in [0.29, 0.717) is 38.4 Å². The lowest BCUT2D eigenvalue weighted by molar-refractivity contribution is 0.0638. The minimum atomic E-state index is -0.388. The van der Waals surface area contributed by atoms with Crippen molar-refractivity contribution >= 4 is 34.2 Å². The van der Waals surface area contributed by atoms with Crippen molar-refractivity contribution in [2.75, 3.05) is 7.11 Å². The molecule has 27 heavy (non-hydrogen) atoms. The number of ether oxygens (including phenoxy) is 1. The average molecular weight is 383 g/mol. The summed E-state index contributed by atoms with van der Waals surface area (Å²) in [6.45, 7) is -0.0696. The zero-order valence-corrected chi connectivity index (χ0v) is 15.4. The fraction of sp³-hybridized carbons (Fsp3) is 0.150.